The lowest BCUT2D eigenvalue weighted by Crippen LogP contribution is -2.15. The van der Waals surface area contributed by atoms with Crippen LogP contribution in [0.4, 0.5) is 5.69 Å². The average molecular weight is 381 g/mol. The van der Waals surface area contributed by atoms with E-state index in [2.05, 4.69) is 0 Å². The molecule has 0 amide bonds. The average Bonchev–Trinajstić information content (AvgIpc) is 3.01. The first-order valence-electron chi connectivity index (χ1n) is 8.30. The minimum atomic E-state index is -1.56. The van der Waals surface area contributed by atoms with Gasteiger partial charge in [0.05, 0.1) is 28.9 Å². The third-order valence-corrected chi connectivity index (χ3v) is 4.04. The van der Waals surface area contributed by atoms with E-state index in [9.17, 15) is 24.8 Å². The van der Waals surface area contributed by atoms with Crippen molar-refractivity contribution < 1.29 is 28.8 Å². The van der Waals surface area contributed by atoms with E-state index in [0.29, 0.717) is 11.1 Å². The highest BCUT2D eigenvalue weighted by atomic mass is 16.6. The number of carbonyl (C=O) groups excluding carboxylic acids is 1. The lowest BCUT2D eigenvalue weighted by atomic mass is 10.0. The molecule has 0 saturated carbocycles. The molecule has 0 atom stereocenters. The zero-order valence-electron chi connectivity index (χ0n) is 14.7. The molecule has 2 aliphatic rings. The first kappa shape index (κ1) is 18.8. The number of aliphatic carboxylic acids is 1. The molecule has 0 radical (unpaired) electrons. The van der Waals surface area contributed by atoms with Crippen LogP contribution in [0.5, 0.6) is 0 Å². The third kappa shape index (κ3) is 3.35. The van der Waals surface area contributed by atoms with Gasteiger partial charge in [-0.25, -0.2) is 9.59 Å². The number of carbonyl (C=O) groups is 2. The number of nitro groups is 1. The van der Waals surface area contributed by atoms with Crippen LogP contribution in [0.3, 0.4) is 0 Å². The van der Waals surface area contributed by atoms with Gasteiger partial charge >= 0.3 is 11.9 Å². The largest absolute Gasteiger partial charge is 0.477 e. The van der Waals surface area contributed by atoms with Crippen molar-refractivity contribution >= 4 is 23.7 Å². The van der Waals surface area contributed by atoms with Crippen molar-refractivity contribution in [2.24, 2.45) is 0 Å². The number of carboxylic acid groups (broad SMARTS) is 1. The van der Waals surface area contributed by atoms with Gasteiger partial charge in [-0.3, -0.25) is 10.1 Å². The number of nitrogens with zero attached hydrogens (tertiary/aromatic N) is 1. The monoisotopic (exact) mass is 381 g/mol. The Morgan fingerprint density at radius 3 is 2.54 bits per heavy atom. The Morgan fingerprint density at radius 1 is 1.21 bits per heavy atom. The van der Waals surface area contributed by atoms with Gasteiger partial charge in [0, 0.05) is 5.56 Å². The molecule has 0 fully saturated rings. The molecule has 1 aliphatic heterocycles. The Balaban J connectivity index is 2.36. The molecule has 1 aliphatic carbocycles. The SMILES string of the molecule is CCOC(=O)C(=Cc1c2occcc-2c(-c2ccccc2)c1[N+](=O)[O-])C(=O)O. The molecular formula is C20H15NO7. The van der Waals surface area contributed by atoms with E-state index in [1.165, 1.54) is 13.2 Å². The molecule has 8 nitrogen and oxygen atoms in total. The van der Waals surface area contributed by atoms with Crippen LogP contribution in [0.2, 0.25) is 0 Å². The fraction of sp³-hybridized carbons (Fsp3) is 0.100. The number of hydrogen-bond donors (Lipinski definition) is 1. The van der Waals surface area contributed by atoms with Gasteiger partial charge in [0.25, 0.3) is 5.69 Å². The predicted molar refractivity (Wildman–Crippen MR) is 99.7 cm³/mol. The summed E-state index contributed by atoms with van der Waals surface area (Å²) in [5.41, 5.74) is 0.0953. The highest BCUT2D eigenvalue weighted by molar-refractivity contribution is 6.18. The molecule has 28 heavy (non-hydrogen) atoms. The first-order valence-corrected chi connectivity index (χ1v) is 8.30. The third-order valence-electron chi connectivity index (χ3n) is 4.04. The Kier molecular flexibility index (Phi) is 5.21. The van der Waals surface area contributed by atoms with Gasteiger partial charge < -0.3 is 14.3 Å². The second kappa shape index (κ2) is 7.75. The summed E-state index contributed by atoms with van der Waals surface area (Å²) in [4.78, 5) is 34.8. The van der Waals surface area contributed by atoms with Crippen LogP contribution in [0.15, 0.2) is 58.7 Å². The molecule has 1 heterocycles. The summed E-state index contributed by atoms with van der Waals surface area (Å²) in [6.07, 6.45) is 2.25. The molecule has 1 N–H and O–H groups in total. The van der Waals surface area contributed by atoms with E-state index >= 15 is 0 Å². The Labute approximate surface area is 159 Å². The van der Waals surface area contributed by atoms with Crippen molar-refractivity contribution in [3.8, 4) is 22.5 Å². The molecular weight excluding hydrogens is 366 g/mol. The maximum Gasteiger partial charge on any atom is 0.345 e. The fourth-order valence-corrected chi connectivity index (χ4v) is 2.94. The van der Waals surface area contributed by atoms with E-state index in [0.717, 1.165) is 6.08 Å². The summed E-state index contributed by atoms with van der Waals surface area (Å²) in [5, 5.41) is 21.3. The van der Waals surface area contributed by atoms with Crippen molar-refractivity contribution in [2.75, 3.05) is 6.61 Å². The predicted octanol–water partition coefficient (Wildman–Crippen LogP) is 3.99. The summed E-state index contributed by atoms with van der Waals surface area (Å²) in [7, 11) is 0. The highest BCUT2D eigenvalue weighted by Crippen LogP contribution is 2.48. The molecule has 0 unspecified atom stereocenters. The van der Waals surface area contributed by atoms with Crippen LogP contribution in [-0.2, 0) is 14.3 Å². The molecule has 1 aromatic rings. The summed E-state index contributed by atoms with van der Waals surface area (Å²) in [5.74, 6) is -2.54. The van der Waals surface area contributed by atoms with Gasteiger partial charge in [-0.1, -0.05) is 30.3 Å². The van der Waals surface area contributed by atoms with Crippen LogP contribution in [0, 0.1) is 10.1 Å². The number of ether oxygens (including phenoxy) is 1. The molecule has 0 bridgehead atoms. The van der Waals surface area contributed by atoms with Gasteiger partial charge in [0.1, 0.15) is 11.3 Å². The molecule has 142 valence electrons. The molecule has 3 rings (SSSR count). The summed E-state index contributed by atoms with van der Waals surface area (Å²) in [6.45, 7) is 1.49. The van der Waals surface area contributed by atoms with Crippen molar-refractivity contribution in [1.82, 2.24) is 0 Å². The minimum absolute atomic E-state index is 0.0348. The number of benzene rings is 1. The number of esters is 1. The quantitative estimate of drug-likeness (QED) is 0.171. The second-order valence-corrected chi connectivity index (χ2v) is 5.70. The second-order valence-electron chi connectivity index (χ2n) is 5.70. The Morgan fingerprint density at radius 2 is 1.93 bits per heavy atom. The molecule has 8 heteroatoms. The highest BCUT2D eigenvalue weighted by Gasteiger charge is 2.34. The van der Waals surface area contributed by atoms with Crippen molar-refractivity contribution in [3.05, 3.63) is 70.0 Å². The zero-order valence-corrected chi connectivity index (χ0v) is 14.7. The van der Waals surface area contributed by atoms with Crippen molar-refractivity contribution in [3.63, 3.8) is 0 Å². The van der Waals surface area contributed by atoms with E-state index in [1.54, 1.807) is 42.5 Å². The number of hydrogen-bond acceptors (Lipinski definition) is 6. The molecule has 0 aromatic heterocycles. The van der Waals surface area contributed by atoms with E-state index in [1.807, 2.05) is 0 Å². The first-order chi connectivity index (χ1) is 13.5. The van der Waals surface area contributed by atoms with E-state index < -0.39 is 22.4 Å². The molecule has 0 spiro atoms. The fourth-order valence-electron chi connectivity index (χ4n) is 2.94. The molecule has 0 saturated heterocycles. The van der Waals surface area contributed by atoms with Gasteiger partial charge in [-0.05, 0) is 30.7 Å². The smallest absolute Gasteiger partial charge is 0.345 e. The number of fused-ring (bicyclic) bond motifs is 1. The Hall–Kier alpha value is -3.94. The number of rotatable bonds is 6. The zero-order chi connectivity index (χ0) is 20.3. The minimum Gasteiger partial charge on any atom is -0.477 e. The van der Waals surface area contributed by atoms with Crippen molar-refractivity contribution in [1.29, 1.82) is 0 Å². The molecule has 1 aromatic carbocycles. The lowest BCUT2D eigenvalue weighted by molar-refractivity contribution is -0.384. The normalized spacial score (nSPS) is 11.4. The Bertz CT molecular complexity index is 1050. The van der Waals surface area contributed by atoms with Gasteiger partial charge in [-0.2, -0.15) is 0 Å². The van der Waals surface area contributed by atoms with E-state index in [4.69, 9.17) is 9.15 Å². The van der Waals surface area contributed by atoms with Crippen LogP contribution in [-0.4, -0.2) is 28.6 Å². The summed E-state index contributed by atoms with van der Waals surface area (Å²) < 4.78 is 10.2. The number of carboxylic acids is 1. The van der Waals surface area contributed by atoms with Gasteiger partial charge in [0.15, 0.2) is 0 Å². The maximum atomic E-state index is 12.0. The summed E-state index contributed by atoms with van der Waals surface area (Å²) in [6, 6.07) is 11.8. The van der Waals surface area contributed by atoms with Gasteiger partial charge in [0.2, 0.25) is 0 Å². The van der Waals surface area contributed by atoms with Crippen LogP contribution < -0.4 is 0 Å². The van der Waals surface area contributed by atoms with E-state index in [-0.39, 0.29) is 29.2 Å². The van der Waals surface area contributed by atoms with Crippen molar-refractivity contribution in [2.45, 2.75) is 6.92 Å². The standard InChI is InChI=1S/C20H15NO7/c1-2-27-20(24)15(19(22)23)11-14-17(21(25)26)16(12-7-4-3-5-8-12)13-9-6-10-28-18(13)14/h3-11H,2H2,1H3,(H,22,23). The maximum absolute atomic E-state index is 12.0. The van der Waals surface area contributed by atoms with Gasteiger partial charge in [-0.15, -0.1) is 0 Å². The van der Waals surface area contributed by atoms with Crippen LogP contribution in [0.25, 0.3) is 28.5 Å². The van der Waals surface area contributed by atoms with Crippen LogP contribution in [0.1, 0.15) is 12.5 Å². The topological polar surface area (TPSA) is 120 Å². The lowest BCUT2D eigenvalue weighted by Gasteiger charge is -2.03. The van der Waals surface area contributed by atoms with Crippen LogP contribution >= 0.6 is 0 Å². The summed E-state index contributed by atoms with van der Waals surface area (Å²) >= 11 is 0.